The zero-order chi connectivity index (χ0) is 16.4. The summed E-state index contributed by atoms with van der Waals surface area (Å²) in [6.45, 7) is 0. The molecule has 3 rings (SSSR count). The summed E-state index contributed by atoms with van der Waals surface area (Å²) in [6, 6.07) is 3.45. The first-order chi connectivity index (χ1) is 11.1. The van der Waals surface area contributed by atoms with Crippen LogP contribution in [0, 0.1) is 0 Å². The number of hydrogen-bond acceptors (Lipinski definition) is 6. The second kappa shape index (κ2) is 6.31. The molecule has 0 saturated carbocycles. The van der Waals surface area contributed by atoms with Gasteiger partial charge in [-0.1, -0.05) is 11.6 Å². The largest absolute Gasteiger partial charge is 0.355 e. The third-order valence-electron chi connectivity index (χ3n) is 3.06. The number of amides is 1. The van der Waals surface area contributed by atoms with Gasteiger partial charge >= 0.3 is 0 Å². The Balaban J connectivity index is 2.17. The molecule has 0 aliphatic rings. The standard InChI is InChI=1S/C14H10Cl2N6O/c1-17-13(23)10-8(2-3-9-11(10)19-5-4-18-9)21-12-7(15)6-20-14(16)22-12/h2-6H,1H3,(H,17,23)(H,20,21,22). The average Bonchev–Trinajstić information content (AvgIpc) is 2.57. The number of carbonyl (C=O) groups excluding carboxylic acids is 1. The van der Waals surface area contributed by atoms with E-state index in [1.807, 2.05) is 0 Å². The Morgan fingerprint density at radius 1 is 1.13 bits per heavy atom. The Labute approximate surface area is 141 Å². The summed E-state index contributed by atoms with van der Waals surface area (Å²) < 4.78 is 0. The van der Waals surface area contributed by atoms with E-state index >= 15 is 0 Å². The normalized spacial score (nSPS) is 10.6. The number of hydrogen-bond donors (Lipinski definition) is 2. The molecule has 0 atom stereocenters. The van der Waals surface area contributed by atoms with Crippen LogP contribution in [0.2, 0.25) is 10.3 Å². The molecule has 0 bridgehead atoms. The highest BCUT2D eigenvalue weighted by Gasteiger charge is 2.17. The number of carbonyl (C=O) groups is 1. The van der Waals surface area contributed by atoms with Crippen LogP contribution in [0.4, 0.5) is 11.5 Å². The highest BCUT2D eigenvalue weighted by molar-refractivity contribution is 6.33. The van der Waals surface area contributed by atoms with Gasteiger partial charge in [0.25, 0.3) is 5.91 Å². The van der Waals surface area contributed by atoms with Gasteiger partial charge in [0.2, 0.25) is 5.28 Å². The zero-order valence-corrected chi connectivity index (χ0v) is 13.4. The molecule has 0 radical (unpaired) electrons. The summed E-state index contributed by atoms with van der Waals surface area (Å²) >= 11 is 11.8. The van der Waals surface area contributed by atoms with Crippen LogP contribution in [0.3, 0.4) is 0 Å². The Bertz CT molecular complexity index is 902. The van der Waals surface area contributed by atoms with Crippen LogP contribution in [0.5, 0.6) is 0 Å². The van der Waals surface area contributed by atoms with Crippen LogP contribution in [0.1, 0.15) is 10.4 Å². The van der Waals surface area contributed by atoms with Gasteiger partial charge in [-0.15, -0.1) is 0 Å². The molecule has 0 aliphatic carbocycles. The van der Waals surface area contributed by atoms with Gasteiger partial charge in [0.15, 0.2) is 5.82 Å². The van der Waals surface area contributed by atoms with Gasteiger partial charge in [0.05, 0.1) is 23.0 Å². The number of halogens is 2. The van der Waals surface area contributed by atoms with Gasteiger partial charge in [0.1, 0.15) is 10.5 Å². The minimum absolute atomic E-state index is 0.0407. The third-order valence-corrected chi connectivity index (χ3v) is 3.52. The van der Waals surface area contributed by atoms with E-state index in [2.05, 4.69) is 30.6 Å². The number of fused-ring (bicyclic) bond motifs is 1. The quantitative estimate of drug-likeness (QED) is 0.707. The lowest BCUT2D eigenvalue weighted by molar-refractivity contribution is 0.0965. The molecule has 9 heteroatoms. The highest BCUT2D eigenvalue weighted by atomic mass is 35.5. The summed E-state index contributed by atoms with van der Waals surface area (Å²) in [7, 11) is 1.54. The van der Waals surface area contributed by atoms with Gasteiger partial charge < -0.3 is 10.6 Å². The Morgan fingerprint density at radius 3 is 2.70 bits per heavy atom. The number of anilines is 2. The van der Waals surface area contributed by atoms with Crippen molar-refractivity contribution in [1.29, 1.82) is 0 Å². The number of benzene rings is 1. The van der Waals surface area contributed by atoms with E-state index in [0.717, 1.165) is 0 Å². The first-order valence-electron chi connectivity index (χ1n) is 6.51. The van der Waals surface area contributed by atoms with Gasteiger partial charge in [0, 0.05) is 19.4 Å². The minimum atomic E-state index is -0.310. The van der Waals surface area contributed by atoms with E-state index in [1.54, 1.807) is 18.3 Å². The maximum absolute atomic E-state index is 12.3. The fourth-order valence-corrected chi connectivity index (χ4v) is 2.33. The molecule has 116 valence electrons. The molecule has 2 N–H and O–H groups in total. The second-order valence-electron chi connectivity index (χ2n) is 4.45. The minimum Gasteiger partial charge on any atom is -0.355 e. The summed E-state index contributed by atoms with van der Waals surface area (Å²) in [4.78, 5) is 28.5. The number of nitrogens with one attached hydrogen (secondary N) is 2. The van der Waals surface area contributed by atoms with Gasteiger partial charge in [-0.25, -0.2) is 4.98 Å². The Morgan fingerprint density at radius 2 is 1.91 bits per heavy atom. The van der Waals surface area contributed by atoms with Crippen LogP contribution >= 0.6 is 23.2 Å². The van der Waals surface area contributed by atoms with Gasteiger partial charge in [-0.05, 0) is 23.7 Å². The van der Waals surface area contributed by atoms with Crippen LogP contribution in [-0.4, -0.2) is 32.9 Å². The molecule has 0 saturated heterocycles. The van der Waals surface area contributed by atoms with Crippen molar-refractivity contribution < 1.29 is 4.79 Å². The van der Waals surface area contributed by atoms with Crippen LogP contribution in [0.15, 0.2) is 30.7 Å². The van der Waals surface area contributed by atoms with E-state index in [-0.39, 0.29) is 16.2 Å². The van der Waals surface area contributed by atoms with Crippen molar-refractivity contribution in [3.05, 3.63) is 46.6 Å². The van der Waals surface area contributed by atoms with E-state index in [1.165, 1.54) is 19.4 Å². The van der Waals surface area contributed by atoms with E-state index in [9.17, 15) is 4.79 Å². The maximum Gasteiger partial charge on any atom is 0.255 e. The van der Waals surface area contributed by atoms with Gasteiger partial charge in [-0.3, -0.25) is 14.8 Å². The van der Waals surface area contributed by atoms with Crippen LogP contribution in [-0.2, 0) is 0 Å². The lowest BCUT2D eigenvalue weighted by Crippen LogP contribution is -2.20. The third kappa shape index (κ3) is 3.01. The van der Waals surface area contributed by atoms with Crippen molar-refractivity contribution in [2.45, 2.75) is 0 Å². The lowest BCUT2D eigenvalue weighted by Gasteiger charge is -2.13. The molecule has 1 amide bonds. The SMILES string of the molecule is CNC(=O)c1c(Nc2nc(Cl)ncc2Cl)ccc2nccnc12. The summed E-state index contributed by atoms with van der Waals surface area (Å²) in [6.07, 6.45) is 4.46. The van der Waals surface area contributed by atoms with Crippen LogP contribution in [0.25, 0.3) is 11.0 Å². The van der Waals surface area contributed by atoms with Crippen molar-refractivity contribution in [2.75, 3.05) is 12.4 Å². The van der Waals surface area contributed by atoms with Crippen molar-refractivity contribution in [1.82, 2.24) is 25.3 Å². The molecule has 0 aliphatic heterocycles. The van der Waals surface area contributed by atoms with Crippen molar-refractivity contribution in [3.8, 4) is 0 Å². The van der Waals surface area contributed by atoms with Crippen molar-refractivity contribution in [3.63, 3.8) is 0 Å². The predicted octanol–water partition coefficient (Wildman–Crippen LogP) is 2.83. The van der Waals surface area contributed by atoms with E-state index < -0.39 is 0 Å². The first kappa shape index (κ1) is 15.4. The Hall–Kier alpha value is -2.51. The molecule has 23 heavy (non-hydrogen) atoms. The van der Waals surface area contributed by atoms with Crippen LogP contribution < -0.4 is 10.6 Å². The molecule has 1 aromatic carbocycles. The molecule has 3 aromatic rings. The number of nitrogens with zero attached hydrogens (tertiary/aromatic N) is 4. The fourth-order valence-electron chi connectivity index (χ4n) is 2.06. The summed E-state index contributed by atoms with van der Waals surface area (Å²) in [5.41, 5.74) is 1.88. The molecular formula is C14H10Cl2N6O. The molecular weight excluding hydrogens is 339 g/mol. The molecule has 2 aromatic heterocycles. The fraction of sp³-hybridized carbons (Fsp3) is 0.0714. The predicted molar refractivity (Wildman–Crippen MR) is 88.3 cm³/mol. The molecule has 7 nitrogen and oxygen atoms in total. The Kier molecular flexibility index (Phi) is 4.22. The summed E-state index contributed by atoms with van der Waals surface area (Å²) in [5, 5.41) is 5.90. The second-order valence-corrected chi connectivity index (χ2v) is 5.20. The van der Waals surface area contributed by atoms with E-state index in [4.69, 9.17) is 23.2 Å². The van der Waals surface area contributed by atoms with Crippen molar-refractivity contribution >= 4 is 51.6 Å². The molecule has 0 spiro atoms. The first-order valence-corrected chi connectivity index (χ1v) is 7.26. The zero-order valence-electron chi connectivity index (χ0n) is 11.8. The number of rotatable bonds is 3. The lowest BCUT2D eigenvalue weighted by atomic mass is 10.1. The topological polar surface area (TPSA) is 92.7 Å². The monoisotopic (exact) mass is 348 g/mol. The molecule has 0 fully saturated rings. The summed E-state index contributed by atoms with van der Waals surface area (Å²) in [5.74, 6) is -0.0186. The molecule has 0 unspecified atom stereocenters. The van der Waals surface area contributed by atoms with Crippen molar-refractivity contribution in [2.24, 2.45) is 0 Å². The molecule has 2 heterocycles. The van der Waals surface area contributed by atoms with Gasteiger partial charge in [-0.2, -0.15) is 4.98 Å². The average molecular weight is 349 g/mol. The smallest absolute Gasteiger partial charge is 0.255 e. The highest BCUT2D eigenvalue weighted by Crippen LogP contribution is 2.29. The number of aromatic nitrogens is 4. The van der Waals surface area contributed by atoms with E-state index in [0.29, 0.717) is 28.1 Å². The maximum atomic E-state index is 12.3.